The summed E-state index contributed by atoms with van der Waals surface area (Å²) in [5.41, 5.74) is 7.79. The van der Waals surface area contributed by atoms with E-state index in [4.69, 9.17) is 10.2 Å². The van der Waals surface area contributed by atoms with Crippen LogP contribution in [0.3, 0.4) is 0 Å². The molecule has 0 unspecified atom stereocenters. The van der Waals surface area contributed by atoms with Crippen molar-refractivity contribution in [1.29, 1.82) is 0 Å². The van der Waals surface area contributed by atoms with Crippen molar-refractivity contribution in [3.8, 4) is 22.8 Å². The largest absolute Gasteiger partial charge is 0.402 e. The van der Waals surface area contributed by atoms with Gasteiger partial charge in [0, 0.05) is 8.42 Å². The van der Waals surface area contributed by atoms with Crippen LogP contribution in [0.25, 0.3) is 22.8 Å². The molecule has 0 amide bonds. The molecular formula is C16H21N5O3S. The molecule has 2 aromatic heterocycles. The molecule has 0 aliphatic carbocycles. The number of anilines is 1. The van der Waals surface area contributed by atoms with Crippen LogP contribution < -0.4 is 5.73 Å². The minimum absolute atomic E-state index is 0. The molecule has 0 aliphatic rings. The first-order valence-electron chi connectivity index (χ1n) is 7.56. The smallest absolute Gasteiger partial charge is 0.313 e. The summed E-state index contributed by atoms with van der Waals surface area (Å²) in [4.78, 5) is 9.05. The summed E-state index contributed by atoms with van der Waals surface area (Å²) < 4.78 is 29.6. The van der Waals surface area contributed by atoms with E-state index in [1.54, 1.807) is 51.2 Å². The summed E-state index contributed by atoms with van der Waals surface area (Å²) >= 11 is 0. The Kier molecular flexibility index (Phi) is 4.25. The van der Waals surface area contributed by atoms with Crippen LogP contribution in [0, 0.1) is 6.92 Å². The standard InChI is InChI=1S/C16H17N5O3S.2H2/c1-9(2)25(22,23)12-6-4-11(5-7-12)13-8-18-10(3)14(19-13)15-20-21-16(17)24-15;;/h4-9H,1-3H3,(H2,17,21);2*1H. The van der Waals surface area contributed by atoms with Crippen molar-refractivity contribution in [2.75, 3.05) is 5.73 Å². The molecule has 9 heteroatoms. The zero-order valence-electron chi connectivity index (χ0n) is 14.0. The van der Waals surface area contributed by atoms with Crippen molar-refractivity contribution in [2.24, 2.45) is 0 Å². The van der Waals surface area contributed by atoms with Gasteiger partial charge in [0.05, 0.1) is 27.7 Å². The minimum atomic E-state index is -3.31. The van der Waals surface area contributed by atoms with E-state index in [0.717, 1.165) is 5.56 Å². The van der Waals surface area contributed by atoms with Crippen molar-refractivity contribution < 1.29 is 15.7 Å². The first-order valence-corrected chi connectivity index (χ1v) is 9.11. The number of aromatic nitrogens is 4. The maximum Gasteiger partial charge on any atom is 0.313 e. The predicted molar refractivity (Wildman–Crippen MR) is 96.5 cm³/mol. The molecule has 0 saturated heterocycles. The van der Waals surface area contributed by atoms with Gasteiger partial charge in [-0.3, -0.25) is 4.98 Å². The number of nitrogens with zero attached hydrogens (tertiary/aromatic N) is 4. The van der Waals surface area contributed by atoms with Gasteiger partial charge < -0.3 is 10.2 Å². The number of hydrogen-bond acceptors (Lipinski definition) is 8. The molecule has 3 rings (SSSR count). The number of hydrogen-bond donors (Lipinski definition) is 1. The van der Waals surface area contributed by atoms with E-state index in [2.05, 4.69) is 20.2 Å². The van der Waals surface area contributed by atoms with Gasteiger partial charge in [0.25, 0.3) is 5.89 Å². The lowest BCUT2D eigenvalue weighted by atomic mass is 10.1. The van der Waals surface area contributed by atoms with E-state index < -0.39 is 15.1 Å². The molecule has 0 spiro atoms. The average Bonchev–Trinajstić information content (AvgIpc) is 3.01. The quantitative estimate of drug-likeness (QED) is 0.750. The van der Waals surface area contributed by atoms with Gasteiger partial charge in [-0.05, 0) is 32.9 Å². The maximum atomic E-state index is 12.2. The van der Waals surface area contributed by atoms with Crippen LogP contribution >= 0.6 is 0 Å². The molecule has 0 saturated carbocycles. The molecule has 1 aromatic carbocycles. The average molecular weight is 363 g/mol. The molecule has 0 fully saturated rings. The Labute approximate surface area is 148 Å². The summed E-state index contributed by atoms with van der Waals surface area (Å²) in [6.07, 6.45) is 1.60. The molecule has 0 bridgehead atoms. The summed E-state index contributed by atoms with van der Waals surface area (Å²) in [5.74, 6) is 0.184. The van der Waals surface area contributed by atoms with Crippen molar-refractivity contribution in [3.05, 3.63) is 36.2 Å². The molecule has 0 atom stereocenters. The monoisotopic (exact) mass is 363 g/mol. The normalized spacial score (nSPS) is 11.8. The second-order valence-corrected chi connectivity index (χ2v) is 8.26. The SMILES string of the molecule is Cc1ncc(-c2ccc(S(=O)(=O)C(C)C)cc2)nc1-c1nnc(N)o1.[HH].[HH]. The number of rotatable bonds is 4. The lowest BCUT2D eigenvalue weighted by Gasteiger charge is -2.09. The highest BCUT2D eigenvalue weighted by Gasteiger charge is 2.19. The first kappa shape index (κ1) is 17.0. The van der Waals surface area contributed by atoms with Gasteiger partial charge in [-0.2, -0.15) is 0 Å². The Morgan fingerprint density at radius 1 is 1.16 bits per heavy atom. The zero-order valence-corrected chi connectivity index (χ0v) is 14.8. The van der Waals surface area contributed by atoms with Crippen molar-refractivity contribution in [3.63, 3.8) is 0 Å². The third-order valence-electron chi connectivity index (χ3n) is 3.70. The Balaban J connectivity index is 0.00000182. The van der Waals surface area contributed by atoms with Crippen molar-refractivity contribution in [2.45, 2.75) is 30.9 Å². The highest BCUT2D eigenvalue weighted by molar-refractivity contribution is 7.92. The Bertz CT molecular complexity index is 1020. The van der Waals surface area contributed by atoms with Gasteiger partial charge in [0.1, 0.15) is 5.69 Å². The fourth-order valence-electron chi connectivity index (χ4n) is 2.21. The fraction of sp³-hybridized carbons (Fsp3) is 0.250. The van der Waals surface area contributed by atoms with Gasteiger partial charge in [-0.1, -0.05) is 17.2 Å². The second-order valence-electron chi connectivity index (χ2n) is 5.75. The molecule has 3 aromatic rings. The number of nitrogen functional groups attached to an aromatic ring is 1. The summed E-state index contributed by atoms with van der Waals surface area (Å²) in [5, 5.41) is 6.96. The zero-order chi connectivity index (χ0) is 18.2. The Hall–Kier alpha value is -2.81. The third kappa shape index (κ3) is 3.22. The third-order valence-corrected chi connectivity index (χ3v) is 5.87. The van der Waals surface area contributed by atoms with Gasteiger partial charge in [-0.25, -0.2) is 13.4 Å². The van der Waals surface area contributed by atoms with Gasteiger partial charge in [-0.15, -0.1) is 5.10 Å². The lowest BCUT2D eigenvalue weighted by molar-refractivity contribution is 0.586. The van der Waals surface area contributed by atoms with Crippen molar-refractivity contribution in [1.82, 2.24) is 20.2 Å². The fourth-order valence-corrected chi connectivity index (χ4v) is 3.27. The van der Waals surface area contributed by atoms with E-state index in [-0.39, 0.29) is 19.7 Å². The summed E-state index contributed by atoms with van der Waals surface area (Å²) in [6, 6.07) is 6.47. The molecule has 2 N–H and O–H groups in total. The molecule has 0 radical (unpaired) electrons. The minimum Gasteiger partial charge on any atom is -0.402 e. The highest BCUT2D eigenvalue weighted by Crippen LogP contribution is 2.25. The van der Waals surface area contributed by atoms with Gasteiger partial charge in [0.2, 0.25) is 0 Å². The van der Waals surface area contributed by atoms with E-state index in [0.29, 0.717) is 17.1 Å². The van der Waals surface area contributed by atoms with Gasteiger partial charge in [0.15, 0.2) is 9.84 Å². The number of aryl methyl sites for hydroxylation is 1. The van der Waals surface area contributed by atoms with Crippen LogP contribution in [-0.4, -0.2) is 33.8 Å². The molecule has 25 heavy (non-hydrogen) atoms. The van der Waals surface area contributed by atoms with E-state index in [1.807, 2.05) is 0 Å². The highest BCUT2D eigenvalue weighted by atomic mass is 32.2. The Morgan fingerprint density at radius 3 is 2.40 bits per heavy atom. The van der Waals surface area contributed by atoms with Crippen LogP contribution in [0.15, 0.2) is 39.8 Å². The first-order chi connectivity index (χ1) is 11.8. The van der Waals surface area contributed by atoms with Crippen LogP contribution in [0.5, 0.6) is 0 Å². The Morgan fingerprint density at radius 2 is 1.84 bits per heavy atom. The van der Waals surface area contributed by atoms with Crippen LogP contribution in [0.2, 0.25) is 0 Å². The molecule has 2 heterocycles. The van der Waals surface area contributed by atoms with E-state index in [9.17, 15) is 8.42 Å². The maximum absolute atomic E-state index is 12.2. The van der Waals surface area contributed by atoms with E-state index in [1.165, 1.54) is 0 Å². The van der Waals surface area contributed by atoms with E-state index >= 15 is 0 Å². The predicted octanol–water partition coefficient (Wildman–Crippen LogP) is 2.76. The number of sulfone groups is 1. The molecular weight excluding hydrogens is 342 g/mol. The number of benzene rings is 1. The topological polar surface area (TPSA) is 125 Å². The van der Waals surface area contributed by atoms with Crippen molar-refractivity contribution >= 4 is 15.9 Å². The summed E-state index contributed by atoms with van der Waals surface area (Å²) in [6.45, 7) is 5.07. The van der Waals surface area contributed by atoms with Crippen LogP contribution in [0.4, 0.5) is 6.01 Å². The lowest BCUT2D eigenvalue weighted by Crippen LogP contribution is -2.13. The second kappa shape index (κ2) is 6.25. The molecule has 8 nitrogen and oxygen atoms in total. The number of nitrogens with two attached hydrogens (primary N) is 1. The molecule has 134 valence electrons. The van der Waals surface area contributed by atoms with Crippen LogP contribution in [-0.2, 0) is 9.84 Å². The summed E-state index contributed by atoms with van der Waals surface area (Å²) in [7, 11) is -3.31. The van der Waals surface area contributed by atoms with Gasteiger partial charge >= 0.3 is 6.01 Å². The van der Waals surface area contributed by atoms with Crippen LogP contribution in [0.1, 0.15) is 22.4 Å². The molecule has 0 aliphatic heterocycles.